The summed E-state index contributed by atoms with van der Waals surface area (Å²) in [5.74, 6) is 0.761. The van der Waals surface area contributed by atoms with Gasteiger partial charge in [-0.2, -0.15) is 0 Å². The van der Waals surface area contributed by atoms with E-state index in [0.29, 0.717) is 11.5 Å². The molecule has 2 rings (SSSR count). The lowest BCUT2D eigenvalue weighted by Gasteiger charge is -2.34. The van der Waals surface area contributed by atoms with Crippen LogP contribution in [0.25, 0.3) is 0 Å². The van der Waals surface area contributed by atoms with Crippen molar-refractivity contribution < 1.29 is 0 Å². The predicted octanol–water partition coefficient (Wildman–Crippen LogP) is 4.99. The molecule has 0 aliphatic heterocycles. The Morgan fingerprint density at radius 3 is 2.82 bits per heavy atom. The van der Waals surface area contributed by atoms with E-state index < -0.39 is 0 Å². The van der Waals surface area contributed by atoms with Crippen molar-refractivity contribution in [1.82, 2.24) is 5.32 Å². The fraction of sp³-hybridized carbons (Fsp3) is 0.714. The van der Waals surface area contributed by atoms with Gasteiger partial charge in [-0.15, -0.1) is 11.3 Å². The Labute approximate surface area is 117 Å². The van der Waals surface area contributed by atoms with Crippen LogP contribution in [0.5, 0.6) is 0 Å². The molecule has 2 atom stereocenters. The lowest BCUT2D eigenvalue weighted by Crippen LogP contribution is -2.33. The Bertz CT molecular complexity index is 372. The maximum absolute atomic E-state index is 3.70. The molecule has 17 heavy (non-hydrogen) atoms. The first-order chi connectivity index (χ1) is 8.06. The Morgan fingerprint density at radius 1 is 1.59 bits per heavy atom. The van der Waals surface area contributed by atoms with Crippen molar-refractivity contribution >= 4 is 27.3 Å². The van der Waals surface area contributed by atoms with Crippen LogP contribution in [0.1, 0.15) is 51.0 Å². The molecular formula is C14H22BrNS. The van der Waals surface area contributed by atoms with Crippen LogP contribution in [0.4, 0.5) is 0 Å². The van der Waals surface area contributed by atoms with Crippen LogP contribution < -0.4 is 5.32 Å². The molecule has 0 saturated heterocycles. The molecule has 1 nitrogen and oxygen atoms in total. The van der Waals surface area contributed by atoms with Gasteiger partial charge in [0.15, 0.2) is 0 Å². The van der Waals surface area contributed by atoms with E-state index in [1.807, 2.05) is 11.3 Å². The Morgan fingerprint density at radius 2 is 2.35 bits per heavy atom. The topological polar surface area (TPSA) is 12.0 Å². The summed E-state index contributed by atoms with van der Waals surface area (Å²) in [7, 11) is 0. The van der Waals surface area contributed by atoms with Crippen LogP contribution in [0.2, 0.25) is 0 Å². The van der Waals surface area contributed by atoms with Gasteiger partial charge in [0.25, 0.3) is 0 Å². The first kappa shape index (κ1) is 13.6. The van der Waals surface area contributed by atoms with E-state index in [0.717, 1.165) is 12.5 Å². The summed E-state index contributed by atoms with van der Waals surface area (Å²) in [6.45, 7) is 8.10. The molecule has 1 saturated carbocycles. The number of thiophene rings is 1. The maximum atomic E-state index is 3.70. The predicted molar refractivity (Wildman–Crippen MR) is 79.6 cm³/mol. The summed E-state index contributed by atoms with van der Waals surface area (Å²) < 4.78 is 1.27. The van der Waals surface area contributed by atoms with Crippen LogP contribution in [0, 0.1) is 11.3 Å². The molecule has 0 spiro atoms. The second-order valence-corrected chi connectivity index (χ2v) is 7.46. The van der Waals surface area contributed by atoms with E-state index in [1.54, 1.807) is 0 Å². The van der Waals surface area contributed by atoms with E-state index in [1.165, 1.54) is 28.6 Å². The number of hydrogen-bond donors (Lipinski definition) is 1. The van der Waals surface area contributed by atoms with E-state index in [2.05, 4.69) is 53.5 Å². The van der Waals surface area contributed by atoms with Crippen molar-refractivity contribution in [3.63, 3.8) is 0 Å². The molecule has 0 amide bonds. The van der Waals surface area contributed by atoms with Gasteiger partial charge in [-0.3, -0.25) is 0 Å². The van der Waals surface area contributed by atoms with Crippen LogP contribution in [-0.4, -0.2) is 6.54 Å². The van der Waals surface area contributed by atoms with Crippen molar-refractivity contribution in [2.75, 3.05) is 6.54 Å². The van der Waals surface area contributed by atoms with Crippen molar-refractivity contribution in [1.29, 1.82) is 0 Å². The lowest BCUT2D eigenvalue weighted by atomic mass is 9.77. The zero-order chi connectivity index (χ0) is 12.5. The van der Waals surface area contributed by atoms with Gasteiger partial charge in [0, 0.05) is 15.4 Å². The number of hydrogen-bond acceptors (Lipinski definition) is 2. The number of rotatable bonds is 4. The quantitative estimate of drug-likeness (QED) is 0.825. The highest BCUT2D eigenvalue weighted by molar-refractivity contribution is 9.10. The molecule has 0 radical (unpaired) electrons. The van der Waals surface area contributed by atoms with Crippen molar-refractivity contribution in [2.24, 2.45) is 11.3 Å². The number of nitrogens with one attached hydrogen (secondary N) is 1. The van der Waals surface area contributed by atoms with Crippen LogP contribution >= 0.6 is 27.3 Å². The summed E-state index contributed by atoms with van der Waals surface area (Å²) in [6, 6.07) is 2.69. The van der Waals surface area contributed by atoms with Gasteiger partial charge >= 0.3 is 0 Å². The molecule has 1 N–H and O–H groups in total. The maximum Gasteiger partial charge on any atom is 0.0459 e. The van der Waals surface area contributed by atoms with E-state index in [4.69, 9.17) is 0 Å². The highest BCUT2D eigenvalue weighted by Crippen LogP contribution is 2.50. The third-order valence-electron chi connectivity index (χ3n) is 4.09. The van der Waals surface area contributed by atoms with E-state index >= 15 is 0 Å². The van der Waals surface area contributed by atoms with Gasteiger partial charge in [-0.25, -0.2) is 0 Å². The van der Waals surface area contributed by atoms with Crippen LogP contribution in [0.15, 0.2) is 15.9 Å². The molecule has 1 aliphatic carbocycles. The first-order valence-electron chi connectivity index (χ1n) is 6.52. The highest BCUT2D eigenvalue weighted by Gasteiger charge is 2.40. The van der Waals surface area contributed by atoms with Gasteiger partial charge < -0.3 is 5.32 Å². The van der Waals surface area contributed by atoms with Crippen LogP contribution in [0.3, 0.4) is 0 Å². The van der Waals surface area contributed by atoms with E-state index in [-0.39, 0.29) is 0 Å². The third kappa shape index (κ3) is 2.77. The first-order valence-corrected chi connectivity index (χ1v) is 8.20. The Kier molecular flexibility index (Phi) is 4.32. The average molecular weight is 316 g/mol. The van der Waals surface area contributed by atoms with Gasteiger partial charge in [-0.05, 0) is 58.1 Å². The summed E-state index contributed by atoms with van der Waals surface area (Å²) in [4.78, 5) is 1.48. The summed E-state index contributed by atoms with van der Waals surface area (Å²) in [5.41, 5.74) is 0.469. The molecule has 96 valence electrons. The minimum atomic E-state index is 0.469. The fourth-order valence-corrected chi connectivity index (χ4v) is 4.90. The second kappa shape index (κ2) is 5.41. The molecule has 3 heteroatoms. The summed E-state index contributed by atoms with van der Waals surface area (Å²) in [6.07, 6.45) is 4.10. The average Bonchev–Trinajstić information content (AvgIpc) is 2.81. The largest absolute Gasteiger partial charge is 0.309 e. The molecule has 1 heterocycles. The van der Waals surface area contributed by atoms with Gasteiger partial charge in [0.05, 0.1) is 0 Å². The fourth-order valence-electron chi connectivity index (χ4n) is 3.14. The summed E-state index contributed by atoms with van der Waals surface area (Å²) >= 11 is 5.57. The second-order valence-electron chi connectivity index (χ2n) is 5.66. The minimum absolute atomic E-state index is 0.469. The van der Waals surface area contributed by atoms with E-state index in [9.17, 15) is 0 Å². The smallest absolute Gasteiger partial charge is 0.0459 e. The molecule has 1 aromatic heterocycles. The van der Waals surface area contributed by atoms with Gasteiger partial charge in [-0.1, -0.05) is 27.2 Å². The standard InChI is InChI=1S/C14H22BrNS/c1-4-16-12(13-11(15)7-9-17-13)10-6-5-8-14(10,2)3/h7,9-10,12,16H,4-6,8H2,1-3H3. The van der Waals surface area contributed by atoms with Crippen molar-refractivity contribution in [3.8, 4) is 0 Å². The molecule has 0 bridgehead atoms. The zero-order valence-corrected chi connectivity index (χ0v) is 13.3. The zero-order valence-electron chi connectivity index (χ0n) is 10.9. The Hall–Kier alpha value is 0.140. The molecule has 2 unspecified atom stereocenters. The van der Waals surface area contributed by atoms with Crippen molar-refractivity contribution in [2.45, 2.75) is 46.1 Å². The molecule has 1 aliphatic rings. The molecular weight excluding hydrogens is 294 g/mol. The van der Waals surface area contributed by atoms with Gasteiger partial charge in [0.1, 0.15) is 0 Å². The molecule has 1 aromatic rings. The normalized spacial score (nSPS) is 25.1. The molecule has 0 aromatic carbocycles. The van der Waals surface area contributed by atoms with Crippen LogP contribution in [-0.2, 0) is 0 Å². The highest BCUT2D eigenvalue weighted by atomic mass is 79.9. The summed E-state index contributed by atoms with van der Waals surface area (Å²) in [5, 5.41) is 5.89. The molecule has 1 fully saturated rings. The number of halogens is 1. The monoisotopic (exact) mass is 315 g/mol. The lowest BCUT2D eigenvalue weighted by molar-refractivity contribution is 0.201. The minimum Gasteiger partial charge on any atom is -0.309 e. The Balaban J connectivity index is 2.26. The SMILES string of the molecule is CCNC(c1sccc1Br)C1CCCC1(C)C. The third-order valence-corrected chi connectivity index (χ3v) is 6.05. The van der Waals surface area contributed by atoms with Crippen molar-refractivity contribution in [3.05, 3.63) is 20.8 Å². The van der Waals surface area contributed by atoms with Gasteiger partial charge in [0.2, 0.25) is 0 Å².